The fourth-order valence-corrected chi connectivity index (χ4v) is 3.11. The lowest BCUT2D eigenvalue weighted by Gasteiger charge is -2.34. The summed E-state index contributed by atoms with van der Waals surface area (Å²) in [5, 5.41) is 9.35. The van der Waals surface area contributed by atoms with Gasteiger partial charge in [-0.15, -0.1) is 0 Å². The number of carbonyl (C=O) groups is 1. The van der Waals surface area contributed by atoms with E-state index >= 15 is 0 Å². The normalized spacial score (nSPS) is 23.7. The van der Waals surface area contributed by atoms with Crippen LogP contribution in [0.1, 0.15) is 43.6 Å². The molecule has 0 aliphatic carbocycles. The molecule has 5 heteroatoms. The van der Waals surface area contributed by atoms with Crippen LogP contribution >= 0.6 is 0 Å². The van der Waals surface area contributed by atoms with Gasteiger partial charge >= 0.3 is 0 Å². The van der Waals surface area contributed by atoms with E-state index in [0.717, 1.165) is 37.8 Å². The van der Waals surface area contributed by atoms with Crippen molar-refractivity contribution in [2.45, 2.75) is 33.1 Å². The highest BCUT2D eigenvalue weighted by molar-refractivity contribution is 5.91. The van der Waals surface area contributed by atoms with Gasteiger partial charge in [0.25, 0.3) is 5.91 Å². The van der Waals surface area contributed by atoms with E-state index in [1.54, 1.807) is 12.3 Å². The molecular formula is C15H26N4O. The van der Waals surface area contributed by atoms with Crippen molar-refractivity contribution in [2.24, 2.45) is 11.8 Å². The van der Waals surface area contributed by atoms with Crippen LogP contribution in [0.3, 0.4) is 0 Å². The second-order valence-electron chi connectivity index (χ2n) is 6.14. The lowest BCUT2D eigenvalue weighted by Crippen LogP contribution is -2.39. The number of aromatic amines is 1. The molecule has 1 amide bonds. The summed E-state index contributed by atoms with van der Waals surface area (Å²) in [6, 6.07) is 1.69. The first-order valence-corrected chi connectivity index (χ1v) is 7.65. The average Bonchev–Trinajstić information content (AvgIpc) is 2.90. The van der Waals surface area contributed by atoms with Crippen molar-refractivity contribution in [1.29, 1.82) is 0 Å². The molecule has 1 aromatic heterocycles. The summed E-state index contributed by atoms with van der Waals surface area (Å²) in [6.45, 7) is 9.02. The van der Waals surface area contributed by atoms with Crippen molar-refractivity contribution in [1.82, 2.24) is 20.4 Å². The van der Waals surface area contributed by atoms with Crippen LogP contribution in [-0.4, -0.2) is 47.2 Å². The molecule has 0 aromatic carbocycles. The minimum atomic E-state index is -0.0669. The number of aromatic nitrogens is 2. The topological polar surface area (TPSA) is 61.0 Å². The lowest BCUT2D eigenvalue weighted by molar-refractivity contribution is 0.0946. The molecule has 1 aromatic rings. The van der Waals surface area contributed by atoms with Crippen molar-refractivity contribution < 1.29 is 4.79 Å². The fraction of sp³-hybridized carbons (Fsp3) is 0.733. The number of rotatable bonds is 6. The van der Waals surface area contributed by atoms with Crippen LogP contribution in [0, 0.1) is 11.8 Å². The van der Waals surface area contributed by atoms with Crippen LogP contribution in [0.25, 0.3) is 0 Å². The molecule has 2 heterocycles. The summed E-state index contributed by atoms with van der Waals surface area (Å²) < 4.78 is 0. The number of nitrogens with zero attached hydrogens (tertiary/aromatic N) is 2. The summed E-state index contributed by atoms with van der Waals surface area (Å²) in [6.07, 6.45) is 5.12. The van der Waals surface area contributed by atoms with Crippen molar-refractivity contribution in [2.75, 3.05) is 26.2 Å². The summed E-state index contributed by atoms with van der Waals surface area (Å²) in [4.78, 5) is 14.2. The molecule has 5 nitrogen and oxygen atoms in total. The van der Waals surface area contributed by atoms with E-state index < -0.39 is 0 Å². The Morgan fingerprint density at radius 2 is 2.15 bits per heavy atom. The first kappa shape index (κ1) is 15.0. The maximum atomic E-state index is 11.7. The molecular weight excluding hydrogens is 252 g/mol. The fourth-order valence-electron chi connectivity index (χ4n) is 3.11. The van der Waals surface area contributed by atoms with Crippen LogP contribution in [0.4, 0.5) is 0 Å². The van der Waals surface area contributed by atoms with Gasteiger partial charge in [-0.3, -0.25) is 9.89 Å². The van der Waals surface area contributed by atoms with Gasteiger partial charge in [0.05, 0.1) is 0 Å². The van der Waals surface area contributed by atoms with Crippen molar-refractivity contribution >= 4 is 5.91 Å². The first-order chi connectivity index (χ1) is 9.65. The number of carbonyl (C=O) groups excluding carboxylic acids is 1. The molecule has 0 bridgehead atoms. The molecule has 2 rings (SSSR count). The maximum absolute atomic E-state index is 11.7. The number of amides is 1. The highest BCUT2D eigenvalue weighted by Gasteiger charge is 2.20. The van der Waals surface area contributed by atoms with Crippen LogP contribution in [0.15, 0.2) is 12.3 Å². The molecule has 1 fully saturated rings. The molecule has 0 saturated carbocycles. The molecule has 112 valence electrons. The van der Waals surface area contributed by atoms with E-state index in [4.69, 9.17) is 0 Å². The maximum Gasteiger partial charge on any atom is 0.269 e. The smallest absolute Gasteiger partial charge is 0.269 e. The molecule has 2 atom stereocenters. The second kappa shape index (κ2) is 7.43. The van der Waals surface area contributed by atoms with Gasteiger partial charge in [-0.05, 0) is 43.7 Å². The Kier molecular flexibility index (Phi) is 5.59. The van der Waals surface area contributed by atoms with E-state index in [2.05, 4.69) is 34.3 Å². The number of hydrogen-bond donors (Lipinski definition) is 2. The van der Waals surface area contributed by atoms with Gasteiger partial charge < -0.3 is 10.2 Å². The third-order valence-electron chi connectivity index (χ3n) is 3.88. The Morgan fingerprint density at radius 3 is 2.80 bits per heavy atom. The standard InChI is InChI=1S/C15H26N4O/c1-12-9-13(2)11-19(10-12)8-4-3-6-16-15(20)14-5-7-17-18-14/h5,7,12-13H,3-4,6,8-11H2,1-2H3,(H,16,20)(H,17,18). The van der Waals surface area contributed by atoms with E-state index in [9.17, 15) is 4.79 Å². The Labute approximate surface area is 121 Å². The molecule has 1 saturated heterocycles. The minimum absolute atomic E-state index is 0.0669. The number of piperidine rings is 1. The number of nitrogens with one attached hydrogen (secondary N) is 2. The van der Waals surface area contributed by atoms with Gasteiger partial charge in [-0.1, -0.05) is 13.8 Å². The second-order valence-corrected chi connectivity index (χ2v) is 6.14. The molecule has 1 aliphatic heterocycles. The number of unbranched alkanes of at least 4 members (excludes halogenated alkanes) is 1. The van der Waals surface area contributed by atoms with Crippen molar-refractivity contribution in [3.63, 3.8) is 0 Å². The Balaban J connectivity index is 1.56. The zero-order valence-corrected chi connectivity index (χ0v) is 12.6. The zero-order chi connectivity index (χ0) is 14.4. The van der Waals surface area contributed by atoms with Gasteiger partial charge in [0.2, 0.25) is 0 Å². The molecule has 20 heavy (non-hydrogen) atoms. The van der Waals surface area contributed by atoms with E-state index in [-0.39, 0.29) is 5.91 Å². The Bertz CT molecular complexity index is 394. The molecule has 2 N–H and O–H groups in total. The van der Waals surface area contributed by atoms with Crippen LogP contribution in [0.5, 0.6) is 0 Å². The Hall–Kier alpha value is -1.36. The van der Waals surface area contributed by atoms with Gasteiger partial charge in [-0.25, -0.2) is 0 Å². The van der Waals surface area contributed by atoms with E-state index in [1.807, 2.05) is 0 Å². The van der Waals surface area contributed by atoms with Crippen LogP contribution in [-0.2, 0) is 0 Å². The highest BCUT2D eigenvalue weighted by atomic mass is 16.1. The third-order valence-corrected chi connectivity index (χ3v) is 3.88. The van der Waals surface area contributed by atoms with Crippen molar-refractivity contribution in [3.8, 4) is 0 Å². The largest absolute Gasteiger partial charge is 0.351 e. The van der Waals surface area contributed by atoms with Crippen LogP contribution in [0.2, 0.25) is 0 Å². The quantitative estimate of drug-likeness (QED) is 0.781. The SMILES string of the molecule is CC1CC(C)CN(CCCCNC(=O)c2ccn[nH]2)C1. The lowest BCUT2D eigenvalue weighted by atomic mass is 9.92. The van der Waals surface area contributed by atoms with E-state index in [1.165, 1.54) is 19.5 Å². The summed E-state index contributed by atoms with van der Waals surface area (Å²) in [5.41, 5.74) is 0.531. The number of H-pyrrole nitrogens is 1. The monoisotopic (exact) mass is 278 g/mol. The predicted molar refractivity (Wildman–Crippen MR) is 79.5 cm³/mol. The minimum Gasteiger partial charge on any atom is -0.351 e. The zero-order valence-electron chi connectivity index (χ0n) is 12.6. The summed E-state index contributed by atoms with van der Waals surface area (Å²) in [7, 11) is 0. The predicted octanol–water partition coefficient (Wildman–Crippen LogP) is 1.90. The highest BCUT2D eigenvalue weighted by Crippen LogP contribution is 2.20. The Morgan fingerprint density at radius 1 is 1.40 bits per heavy atom. The van der Waals surface area contributed by atoms with Gasteiger partial charge in [0.1, 0.15) is 5.69 Å². The van der Waals surface area contributed by atoms with Crippen molar-refractivity contribution in [3.05, 3.63) is 18.0 Å². The molecule has 0 radical (unpaired) electrons. The van der Waals surface area contributed by atoms with Gasteiger partial charge in [0.15, 0.2) is 0 Å². The molecule has 0 spiro atoms. The number of hydrogen-bond acceptors (Lipinski definition) is 3. The number of likely N-dealkylation sites (tertiary alicyclic amines) is 1. The summed E-state index contributed by atoms with van der Waals surface area (Å²) in [5.74, 6) is 1.57. The molecule has 2 unspecified atom stereocenters. The third kappa shape index (κ3) is 4.63. The first-order valence-electron chi connectivity index (χ1n) is 7.65. The molecule has 1 aliphatic rings. The average molecular weight is 278 g/mol. The van der Waals surface area contributed by atoms with E-state index in [0.29, 0.717) is 5.69 Å². The van der Waals surface area contributed by atoms with Gasteiger partial charge in [0, 0.05) is 25.8 Å². The van der Waals surface area contributed by atoms with Crippen LogP contribution < -0.4 is 5.32 Å². The van der Waals surface area contributed by atoms with Gasteiger partial charge in [-0.2, -0.15) is 5.10 Å². The summed E-state index contributed by atoms with van der Waals surface area (Å²) >= 11 is 0.